The van der Waals surface area contributed by atoms with Gasteiger partial charge in [-0.25, -0.2) is 0 Å². The first-order valence-corrected chi connectivity index (χ1v) is 4.97. The fraction of sp³-hybridized carbons (Fsp3) is 0.417. The van der Waals surface area contributed by atoms with E-state index in [4.69, 9.17) is 0 Å². The molecule has 0 bridgehead atoms. The number of carbonyl (C=O) groups excluding carboxylic acids is 1. The number of benzene rings is 1. The second-order valence-electron chi connectivity index (χ2n) is 3.57. The zero-order valence-corrected chi connectivity index (χ0v) is 9.00. The summed E-state index contributed by atoms with van der Waals surface area (Å²) >= 11 is 0. The zero-order valence-electron chi connectivity index (χ0n) is 9.00. The highest BCUT2D eigenvalue weighted by Gasteiger charge is 2.08. The SMILES string of the molecule is CC[C@H](NC(C)=O)c1ccc(C)cc1. The highest BCUT2D eigenvalue weighted by molar-refractivity contribution is 5.73. The average molecular weight is 191 g/mol. The number of nitrogens with one attached hydrogen (secondary N) is 1. The molecular weight excluding hydrogens is 174 g/mol. The number of hydrogen-bond donors (Lipinski definition) is 1. The predicted molar refractivity (Wildman–Crippen MR) is 58.0 cm³/mol. The van der Waals surface area contributed by atoms with Gasteiger partial charge >= 0.3 is 0 Å². The van der Waals surface area contributed by atoms with Crippen molar-refractivity contribution >= 4 is 5.91 Å². The predicted octanol–water partition coefficient (Wildman–Crippen LogP) is 2.58. The molecule has 2 heteroatoms. The average Bonchev–Trinajstić information content (AvgIpc) is 2.15. The summed E-state index contributed by atoms with van der Waals surface area (Å²) in [6.07, 6.45) is 0.919. The largest absolute Gasteiger partial charge is 0.350 e. The van der Waals surface area contributed by atoms with E-state index in [1.54, 1.807) is 6.92 Å². The van der Waals surface area contributed by atoms with Crippen molar-refractivity contribution in [1.29, 1.82) is 0 Å². The summed E-state index contributed by atoms with van der Waals surface area (Å²) in [5.74, 6) is 0.0254. The molecule has 0 heterocycles. The first kappa shape index (κ1) is 10.8. The van der Waals surface area contributed by atoms with Crippen molar-refractivity contribution in [3.63, 3.8) is 0 Å². The van der Waals surface area contributed by atoms with Gasteiger partial charge in [0.2, 0.25) is 5.91 Å². The molecule has 1 amide bonds. The van der Waals surface area contributed by atoms with E-state index in [2.05, 4.69) is 43.4 Å². The van der Waals surface area contributed by atoms with Gasteiger partial charge < -0.3 is 5.32 Å². The first-order valence-electron chi connectivity index (χ1n) is 4.97. The van der Waals surface area contributed by atoms with Crippen molar-refractivity contribution < 1.29 is 4.79 Å². The number of aryl methyl sites for hydroxylation is 1. The molecule has 0 fully saturated rings. The van der Waals surface area contributed by atoms with Crippen molar-refractivity contribution in [3.8, 4) is 0 Å². The molecule has 0 unspecified atom stereocenters. The van der Waals surface area contributed by atoms with Gasteiger partial charge in [0.05, 0.1) is 6.04 Å². The molecule has 1 aromatic rings. The molecule has 2 nitrogen and oxygen atoms in total. The molecule has 0 radical (unpaired) electrons. The van der Waals surface area contributed by atoms with Crippen LogP contribution in [0.5, 0.6) is 0 Å². The van der Waals surface area contributed by atoms with E-state index in [0.717, 1.165) is 6.42 Å². The van der Waals surface area contributed by atoms with Crippen molar-refractivity contribution in [2.24, 2.45) is 0 Å². The number of amides is 1. The lowest BCUT2D eigenvalue weighted by Gasteiger charge is -2.16. The van der Waals surface area contributed by atoms with Gasteiger partial charge in [0.25, 0.3) is 0 Å². The second-order valence-corrected chi connectivity index (χ2v) is 3.57. The van der Waals surface area contributed by atoms with Crippen molar-refractivity contribution in [2.45, 2.75) is 33.2 Å². The summed E-state index contributed by atoms with van der Waals surface area (Å²) in [5, 5.41) is 2.93. The van der Waals surface area contributed by atoms with Gasteiger partial charge in [-0.05, 0) is 18.9 Å². The van der Waals surface area contributed by atoms with Gasteiger partial charge in [-0.15, -0.1) is 0 Å². The molecule has 0 spiro atoms. The van der Waals surface area contributed by atoms with Crippen LogP contribution in [0.4, 0.5) is 0 Å². The van der Waals surface area contributed by atoms with Gasteiger partial charge in [-0.1, -0.05) is 36.8 Å². The number of hydrogen-bond acceptors (Lipinski definition) is 1. The monoisotopic (exact) mass is 191 g/mol. The van der Waals surface area contributed by atoms with Gasteiger partial charge in [0, 0.05) is 6.92 Å². The second kappa shape index (κ2) is 4.80. The van der Waals surface area contributed by atoms with E-state index in [9.17, 15) is 4.79 Å². The van der Waals surface area contributed by atoms with E-state index >= 15 is 0 Å². The van der Waals surface area contributed by atoms with E-state index < -0.39 is 0 Å². The Labute approximate surface area is 85.3 Å². The Morgan fingerprint density at radius 3 is 2.36 bits per heavy atom. The van der Waals surface area contributed by atoms with Crippen LogP contribution in [0.2, 0.25) is 0 Å². The minimum Gasteiger partial charge on any atom is -0.350 e. The highest BCUT2D eigenvalue weighted by Crippen LogP contribution is 2.16. The van der Waals surface area contributed by atoms with E-state index in [1.807, 2.05) is 0 Å². The third-order valence-corrected chi connectivity index (χ3v) is 2.27. The highest BCUT2D eigenvalue weighted by atomic mass is 16.1. The lowest BCUT2D eigenvalue weighted by Crippen LogP contribution is -2.25. The van der Waals surface area contributed by atoms with Crippen LogP contribution in [0.25, 0.3) is 0 Å². The molecule has 0 saturated carbocycles. The Hall–Kier alpha value is -1.31. The van der Waals surface area contributed by atoms with Gasteiger partial charge in [-0.2, -0.15) is 0 Å². The molecule has 0 saturated heterocycles. The quantitative estimate of drug-likeness (QED) is 0.781. The molecule has 1 N–H and O–H groups in total. The molecular formula is C12H17NO. The maximum absolute atomic E-state index is 10.9. The van der Waals surface area contributed by atoms with Gasteiger partial charge in [-0.3, -0.25) is 4.79 Å². The van der Waals surface area contributed by atoms with Crippen LogP contribution < -0.4 is 5.32 Å². The van der Waals surface area contributed by atoms with Crippen molar-refractivity contribution in [3.05, 3.63) is 35.4 Å². The lowest BCUT2D eigenvalue weighted by atomic mass is 10.0. The van der Waals surface area contributed by atoms with Gasteiger partial charge in [0.1, 0.15) is 0 Å². The first-order chi connectivity index (χ1) is 6.63. The maximum atomic E-state index is 10.9. The molecule has 0 aliphatic rings. The van der Waals surface area contributed by atoms with Crippen LogP contribution in [0.3, 0.4) is 0 Å². The molecule has 1 rings (SSSR count). The molecule has 14 heavy (non-hydrogen) atoms. The fourth-order valence-corrected chi connectivity index (χ4v) is 1.47. The third-order valence-electron chi connectivity index (χ3n) is 2.27. The molecule has 76 valence electrons. The standard InChI is InChI=1S/C12H17NO/c1-4-12(13-10(3)14)11-7-5-9(2)6-8-11/h5-8,12H,4H2,1-3H3,(H,13,14)/t12-/m0/s1. The molecule has 0 aromatic heterocycles. The van der Waals surface area contributed by atoms with E-state index in [-0.39, 0.29) is 11.9 Å². The number of carbonyl (C=O) groups is 1. The number of rotatable bonds is 3. The van der Waals surface area contributed by atoms with E-state index in [0.29, 0.717) is 0 Å². The Bertz CT molecular complexity index is 303. The van der Waals surface area contributed by atoms with E-state index in [1.165, 1.54) is 11.1 Å². The van der Waals surface area contributed by atoms with Crippen LogP contribution in [0.1, 0.15) is 37.4 Å². The Morgan fingerprint density at radius 2 is 1.93 bits per heavy atom. The Kier molecular flexibility index (Phi) is 3.69. The fourth-order valence-electron chi connectivity index (χ4n) is 1.47. The lowest BCUT2D eigenvalue weighted by molar-refractivity contribution is -0.119. The van der Waals surface area contributed by atoms with Crippen LogP contribution in [-0.2, 0) is 4.79 Å². The van der Waals surface area contributed by atoms with Crippen LogP contribution in [0.15, 0.2) is 24.3 Å². The molecule has 1 aromatic carbocycles. The molecule has 0 aliphatic carbocycles. The van der Waals surface area contributed by atoms with Gasteiger partial charge in [0.15, 0.2) is 0 Å². The maximum Gasteiger partial charge on any atom is 0.217 e. The summed E-state index contributed by atoms with van der Waals surface area (Å²) in [6.45, 7) is 5.68. The topological polar surface area (TPSA) is 29.1 Å². The Balaban J connectivity index is 2.78. The van der Waals surface area contributed by atoms with Crippen LogP contribution in [-0.4, -0.2) is 5.91 Å². The summed E-state index contributed by atoms with van der Waals surface area (Å²) in [5.41, 5.74) is 2.42. The Morgan fingerprint density at radius 1 is 1.36 bits per heavy atom. The summed E-state index contributed by atoms with van der Waals surface area (Å²) in [4.78, 5) is 10.9. The smallest absolute Gasteiger partial charge is 0.217 e. The normalized spacial score (nSPS) is 12.2. The summed E-state index contributed by atoms with van der Waals surface area (Å²) < 4.78 is 0. The van der Waals surface area contributed by atoms with Crippen LogP contribution in [0, 0.1) is 6.92 Å². The zero-order chi connectivity index (χ0) is 10.6. The van der Waals surface area contributed by atoms with Crippen molar-refractivity contribution in [2.75, 3.05) is 0 Å². The summed E-state index contributed by atoms with van der Waals surface area (Å²) in [6, 6.07) is 8.42. The minimum atomic E-state index is 0.0254. The molecule has 1 atom stereocenters. The molecule has 0 aliphatic heterocycles. The summed E-state index contributed by atoms with van der Waals surface area (Å²) in [7, 11) is 0. The minimum absolute atomic E-state index is 0.0254. The van der Waals surface area contributed by atoms with Crippen LogP contribution >= 0.6 is 0 Å². The third kappa shape index (κ3) is 2.87. The van der Waals surface area contributed by atoms with Crippen molar-refractivity contribution in [1.82, 2.24) is 5.32 Å².